The zero-order valence-electron chi connectivity index (χ0n) is 11.8. The molecule has 1 aliphatic carbocycles. The van der Waals surface area contributed by atoms with Crippen molar-refractivity contribution in [3.05, 3.63) is 0 Å². The zero-order chi connectivity index (χ0) is 13.5. The lowest BCUT2D eigenvalue weighted by molar-refractivity contribution is -0.157. The lowest BCUT2D eigenvalue weighted by Crippen LogP contribution is -2.70. The van der Waals surface area contributed by atoms with Gasteiger partial charge in [-0.15, -0.1) is 0 Å². The molecule has 4 heteroatoms. The monoisotopic (exact) mass is 252 g/mol. The van der Waals surface area contributed by atoms with Gasteiger partial charge in [-0.2, -0.15) is 0 Å². The molecule has 0 radical (unpaired) electrons. The smallest absolute Gasteiger partial charge is 0.248 e. The van der Waals surface area contributed by atoms with Crippen molar-refractivity contribution in [2.24, 2.45) is 5.92 Å². The molecule has 0 bridgehead atoms. The number of piperazine rings is 1. The molecule has 1 saturated carbocycles. The first-order valence-electron chi connectivity index (χ1n) is 7.07. The van der Waals surface area contributed by atoms with Gasteiger partial charge in [0, 0.05) is 6.04 Å². The van der Waals surface area contributed by atoms with Gasteiger partial charge in [0.15, 0.2) is 0 Å². The number of amides is 2. The van der Waals surface area contributed by atoms with Gasteiger partial charge in [0.25, 0.3) is 0 Å². The van der Waals surface area contributed by atoms with Crippen molar-refractivity contribution in [3.63, 3.8) is 0 Å². The molecule has 1 aliphatic heterocycles. The number of nitrogens with one attached hydrogen (secondary N) is 1. The summed E-state index contributed by atoms with van der Waals surface area (Å²) in [5.74, 6) is 0.493. The van der Waals surface area contributed by atoms with E-state index < -0.39 is 5.54 Å². The third-order valence-corrected chi connectivity index (χ3v) is 4.18. The molecule has 0 aromatic heterocycles. The van der Waals surface area contributed by atoms with Crippen molar-refractivity contribution < 1.29 is 9.59 Å². The van der Waals surface area contributed by atoms with E-state index in [1.54, 1.807) is 13.8 Å². The second kappa shape index (κ2) is 4.56. The molecule has 0 aromatic carbocycles. The number of hydrogen-bond acceptors (Lipinski definition) is 2. The summed E-state index contributed by atoms with van der Waals surface area (Å²) in [7, 11) is 0. The number of carbonyl (C=O) groups excluding carboxylic acids is 2. The van der Waals surface area contributed by atoms with Crippen LogP contribution in [0.5, 0.6) is 0 Å². The number of nitrogens with zero attached hydrogens (tertiary/aromatic N) is 1. The van der Waals surface area contributed by atoms with E-state index in [-0.39, 0.29) is 23.9 Å². The average molecular weight is 252 g/mol. The van der Waals surface area contributed by atoms with Gasteiger partial charge < -0.3 is 10.2 Å². The Hall–Kier alpha value is -1.06. The summed E-state index contributed by atoms with van der Waals surface area (Å²) in [6, 6.07) is -0.0381. The summed E-state index contributed by atoms with van der Waals surface area (Å²) < 4.78 is 0. The molecule has 2 amide bonds. The highest BCUT2D eigenvalue weighted by Gasteiger charge is 2.52. The van der Waals surface area contributed by atoms with Crippen molar-refractivity contribution in [3.8, 4) is 0 Å². The SMILES string of the molecule is CCC(CC)N1C(=O)C(C)(C)NC(=O)C1C1CC1. The highest BCUT2D eigenvalue weighted by molar-refractivity contribution is 5.99. The predicted molar refractivity (Wildman–Crippen MR) is 69.9 cm³/mol. The molecule has 0 spiro atoms. The van der Waals surface area contributed by atoms with Crippen LogP contribution in [0, 0.1) is 5.92 Å². The van der Waals surface area contributed by atoms with Crippen molar-refractivity contribution in [1.82, 2.24) is 10.2 Å². The van der Waals surface area contributed by atoms with Crippen molar-refractivity contribution in [2.45, 2.75) is 71.0 Å². The lowest BCUT2D eigenvalue weighted by atomic mass is 9.92. The Labute approximate surface area is 109 Å². The molecule has 2 aliphatic rings. The summed E-state index contributed by atoms with van der Waals surface area (Å²) in [4.78, 5) is 26.8. The maximum atomic E-state index is 12.6. The molecule has 1 saturated heterocycles. The summed E-state index contributed by atoms with van der Waals surface area (Å²) in [6.45, 7) is 7.77. The van der Waals surface area contributed by atoms with E-state index >= 15 is 0 Å². The number of carbonyl (C=O) groups is 2. The second-order valence-corrected chi connectivity index (χ2v) is 6.08. The van der Waals surface area contributed by atoms with Crippen LogP contribution >= 0.6 is 0 Å². The number of hydrogen-bond donors (Lipinski definition) is 1. The maximum absolute atomic E-state index is 12.6. The Morgan fingerprint density at radius 2 is 1.83 bits per heavy atom. The van der Waals surface area contributed by atoms with E-state index in [2.05, 4.69) is 19.2 Å². The van der Waals surface area contributed by atoms with Gasteiger partial charge in [-0.3, -0.25) is 9.59 Å². The van der Waals surface area contributed by atoms with Crippen LogP contribution in [0.25, 0.3) is 0 Å². The molecule has 0 aromatic rings. The van der Waals surface area contributed by atoms with Crippen LogP contribution in [0.3, 0.4) is 0 Å². The van der Waals surface area contributed by atoms with Crippen LogP contribution in [0.4, 0.5) is 0 Å². The van der Waals surface area contributed by atoms with Crippen LogP contribution in [-0.2, 0) is 9.59 Å². The van der Waals surface area contributed by atoms with Crippen LogP contribution in [0.15, 0.2) is 0 Å². The van der Waals surface area contributed by atoms with Crippen molar-refractivity contribution in [2.75, 3.05) is 0 Å². The molecule has 2 rings (SSSR count). The fraction of sp³-hybridized carbons (Fsp3) is 0.857. The van der Waals surface area contributed by atoms with Gasteiger partial charge in [0.05, 0.1) is 0 Å². The van der Waals surface area contributed by atoms with Crippen LogP contribution in [0.2, 0.25) is 0 Å². The molecule has 1 N–H and O–H groups in total. The molecule has 2 fully saturated rings. The molecule has 4 nitrogen and oxygen atoms in total. The normalized spacial score (nSPS) is 27.6. The van der Waals surface area contributed by atoms with Gasteiger partial charge in [-0.1, -0.05) is 13.8 Å². The highest BCUT2D eigenvalue weighted by atomic mass is 16.2. The molecule has 1 atom stereocenters. The van der Waals surface area contributed by atoms with Crippen LogP contribution in [-0.4, -0.2) is 34.3 Å². The predicted octanol–water partition coefficient (Wildman–Crippen LogP) is 1.69. The fourth-order valence-corrected chi connectivity index (χ4v) is 2.94. The molecule has 1 heterocycles. The van der Waals surface area contributed by atoms with Crippen LogP contribution < -0.4 is 5.32 Å². The Kier molecular flexibility index (Phi) is 3.39. The molecule has 18 heavy (non-hydrogen) atoms. The minimum atomic E-state index is -0.759. The zero-order valence-corrected chi connectivity index (χ0v) is 11.8. The molecular weight excluding hydrogens is 228 g/mol. The van der Waals surface area contributed by atoms with Gasteiger partial charge >= 0.3 is 0 Å². The summed E-state index contributed by atoms with van der Waals surface area (Å²) in [5.41, 5.74) is -0.759. The minimum absolute atomic E-state index is 0.0361. The van der Waals surface area contributed by atoms with Gasteiger partial charge in [0.1, 0.15) is 11.6 Å². The molecular formula is C14H24N2O2. The summed E-state index contributed by atoms with van der Waals surface area (Å²) >= 11 is 0. The highest BCUT2D eigenvalue weighted by Crippen LogP contribution is 2.39. The molecule has 1 unspecified atom stereocenters. The van der Waals surface area contributed by atoms with Crippen molar-refractivity contribution in [1.29, 1.82) is 0 Å². The minimum Gasteiger partial charge on any atom is -0.340 e. The largest absolute Gasteiger partial charge is 0.340 e. The van der Waals surface area contributed by atoms with E-state index in [1.807, 2.05) is 4.90 Å². The summed E-state index contributed by atoms with van der Waals surface area (Å²) in [5, 5.41) is 2.88. The standard InChI is InChI=1S/C14H24N2O2/c1-5-10(6-2)16-11(9-7-8-9)12(17)15-14(3,4)13(16)18/h9-11H,5-8H2,1-4H3,(H,15,17). The topological polar surface area (TPSA) is 49.4 Å². The van der Waals surface area contributed by atoms with E-state index in [4.69, 9.17) is 0 Å². The Balaban J connectivity index is 2.32. The fourth-order valence-electron chi connectivity index (χ4n) is 2.94. The lowest BCUT2D eigenvalue weighted by Gasteiger charge is -2.46. The van der Waals surface area contributed by atoms with E-state index in [9.17, 15) is 9.59 Å². The van der Waals surface area contributed by atoms with E-state index in [0.29, 0.717) is 5.92 Å². The van der Waals surface area contributed by atoms with Gasteiger partial charge in [-0.05, 0) is 45.4 Å². The Morgan fingerprint density at radius 3 is 2.28 bits per heavy atom. The van der Waals surface area contributed by atoms with Crippen LogP contribution in [0.1, 0.15) is 53.4 Å². The Bertz CT molecular complexity index is 357. The van der Waals surface area contributed by atoms with E-state index in [1.165, 1.54) is 0 Å². The second-order valence-electron chi connectivity index (χ2n) is 6.08. The first-order chi connectivity index (χ1) is 8.42. The third-order valence-electron chi connectivity index (χ3n) is 4.18. The van der Waals surface area contributed by atoms with Gasteiger partial charge in [0.2, 0.25) is 11.8 Å². The number of rotatable bonds is 4. The first-order valence-corrected chi connectivity index (χ1v) is 7.07. The van der Waals surface area contributed by atoms with Crippen molar-refractivity contribution >= 4 is 11.8 Å². The Morgan fingerprint density at radius 1 is 1.28 bits per heavy atom. The quantitative estimate of drug-likeness (QED) is 0.827. The van der Waals surface area contributed by atoms with E-state index in [0.717, 1.165) is 25.7 Å². The first kappa shape index (κ1) is 13.4. The van der Waals surface area contributed by atoms with Gasteiger partial charge in [-0.25, -0.2) is 0 Å². The molecule has 102 valence electrons. The summed E-state index contributed by atoms with van der Waals surface area (Å²) in [6.07, 6.45) is 3.97. The third kappa shape index (κ3) is 2.13. The average Bonchev–Trinajstić information content (AvgIpc) is 3.10. The maximum Gasteiger partial charge on any atom is 0.248 e.